The largest absolute Gasteiger partial charge is 0.211 e. The summed E-state index contributed by atoms with van der Waals surface area (Å²) in [4.78, 5) is 0. The summed E-state index contributed by atoms with van der Waals surface area (Å²) in [6.45, 7) is 0. The molecule has 1 aromatic rings. The molecule has 0 fully saturated rings. The highest BCUT2D eigenvalue weighted by Crippen LogP contribution is 2.30. The molecule has 0 unspecified atom stereocenters. The van der Waals surface area contributed by atoms with Gasteiger partial charge in [0.25, 0.3) is 0 Å². The van der Waals surface area contributed by atoms with Gasteiger partial charge in [-0.1, -0.05) is 0 Å². The van der Waals surface area contributed by atoms with Crippen molar-refractivity contribution >= 4 is 17.2 Å². The van der Waals surface area contributed by atoms with Gasteiger partial charge < -0.3 is 0 Å². The molecule has 1 aromatic carbocycles. The molecule has 0 heterocycles. The Labute approximate surface area is 113 Å². The summed E-state index contributed by atoms with van der Waals surface area (Å²) >= 11 is 0. The van der Waals surface area contributed by atoms with Crippen molar-refractivity contribution in [3.63, 3.8) is 0 Å². The van der Waals surface area contributed by atoms with Crippen LogP contribution in [0, 0.1) is 40.1 Å². The average Bonchev–Trinajstić information content (AvgIpc) is 2.44. The van der Waals surface area contributed by atoms with Crippen LogP contribution in [0.1, 0.15) is 12.0 Å². The summed E-state index contributed by atoms with van der Waals surface area (Å²) in [6.07, 6.45) is -1.28. The number of benzene rings is 1. The quantitative estimate of drug-likeness (QED) is 0.545. The predicted molar refractivity (Wildman–Crippen MR) is 58.5 cm³/mol. The molecule has 0 atom stereocenters. The molecule has 1 aliphatic carbocycles. The summed E-state index contributed by atoms with van der Waals surface area (Å²) in [7, 11) is 0. The molecule has 0 saturated carbocycles. The second-order valence-corrected chi connectivity index (χ2v) is 3.97. The van der Waals surface area contributed by atoms with E-state index in [9.17, 15) is 26.3 Å². The number of fused-ring (bicyclic) bond motifs is 1. The molecule has 106 valence electrons. The summed E-state index contributed by atoms with van der Waals surface area (Å²) in [5.41, 5.74) is -2.67. The minimum atomic E-state index is -2.02. The van der Waals surface area contributed by atoms with Crippen LogP contribution in [0.3, 0.4) is 0 Å². The van der Waals surface area contributed by atoms with E-state index in [-0.39, 0.29) is 0 Å². The first-order chi connectivity index (χ1) is 9.84. The molecule has 2 nitrogen and oxygen atoms in total. The fourth-order valence-corrected chi connectivity index (χ4v) is 1.92. The number of halogens is 6. The van der Waals surface area contributed by atoms with Crippen LogP contribution in [-0.2, 0) is 0 Å². The number of hydrogen-bond acceptors (Lipinski definition) is 2. The Bertz CT molecular complexity index is 883. The number of nitrogens with zero attached hydrogens (tertiary/aromatic N) is 2. The van der Waals surface area contributed by atoms with Crippen molar-refractivity contribution in [2.45, 2.75) is 6.42 Å². The van der Waals surface area contributed by atoms with Crippen LogP contribution < -0.4 is 10.4 Å². The van der Waals surface area contributed by atoms with E-state index in [0.29, 0.717) is 0 Å². The van der Waals surface area contributed by atoms with Gasteiger partial charge in [-0.05, 0) is 0 Å². The number of nitriles is 2. The van der Waals surface area contributed by atoms with Gasteiger partial charge in [0.05, 0.1) is 22.4 Å². The third kappa shape index (κ3) is 1.96. The van der Waals surface area contributed by atoms with Crippen LogP contribution >= 0.6 is 0 Å². The van der Waals surface area contributed by atoms with Crippen molar-refractivity contribution in [1.29, 1.82) is 10.5 Å². The van der Waals surface area contributed by atoms with E-state index in [0.717, 1.165) is 12.1 Å². The molecule has 2 rings (SSSR count). The molecule has 0 amide bonds. The van der Waals surface area contributed by atoms with Crippen molar-refractivity contribution in [2.24, 2.45) is 0 Å². The van der Waals surface area contributed by atoms with E-state index in [1.807, 2.05) is 0 Å². The highest BCUT2D eigenvalue weighted by Gasteiger charge is 2.30. The molecule has 8 heteroatoms. The second kappa shape index (κ2) is 4.98. The van der Waals surface area contributed by atoms with Crippen LogP contribution in [0.15, 0.2) is 5.83 Å². The van der Waals surface area contributed by atoms with E-state index in [2.05, 4.69) is 0 Å². The Morgan fingerprint density at radius 1 is 0.810 bits per heavy atom. The van der Waals surface area contributed by atoms with E-state index < -0.39 is 62.9 Å². The molecule has 0 bridgehead atoms. The third-order valence-electron chi connectivity index (χ3n) is 2.83. The molecule has 0 saturated heterocycles. The molecule has 0 aliphatic heterocycles. The van der Waals surface area contributed by atoms with Gasteiger partial charge in [0.1, 0.15) is 35.2 Å². The monoisotopic (exact) mass is 300 g/mol. The molecule has 0 radical (unpaired) electrons. The van der Waals surface area contributed by atoms with Crippen LogP contribution in [-0.4, -0.2) is 0 Å². The van der Waals surface area contributed by atoms with Crippen molar-refractivity contribution < 1.29 is 26.3 Å². The first kappa shape index (κ1) is 14.7. The molecule has 1 aliphatic rings. The van der Waals surface area contributed by atoms with E-state index >= 15 is 0 Å². The van der Waals surface area contributed by atoms with Crippen molar-refractivity contribution in [2.75, 3.05) is 0 Å². The van der Waals surface area contributed by atoms with Crippen molar-refractivity contribution in [1.82, 2.24) is 0 Å². The summed E-state index contributed by atoms with van der Waals surface area (Å²) in [5, 5.41) is 14.3. The lowest BCUT2D eigenvalue weighted by Gasteiger charge is -2.12. The normalized spacial score (nSPS) is 13.6. The first-order valence-corrected chi connectivity index (χ1v) is 5.29. The van der Waals surface area contributed by atoms with Gasteiger partial charge in [-0.3, -0.25) is 0 Å². The Balaban J connectivity index is 3.24. The maximum atomic E-state index is 14.1. The van der Waals surface area contributed by atoms with Gasteiger partial charge >= 0.3 is 0 Å². The zero-order chi connectivity index (χ0) is 15.9. The lowest BCUT2D eigenvalue weighted by molar-refractivity contribution is 0.467. The molecular formula is C13H2F6N2. The SMILES string of the molecule is N#CC(C#N)=c1c(F)c(F)c2c(c1F)C(F)=C(F)CC=2F. The van der Waals surface area contributed by atoms with Gasteiger partial charge in [0.2, 0.25) is 0 Å². The lowest BCUT2D eigenvalue weighted by Crippen LogP contribution is -2.32. The van der Waals surface area contributed by atoms with Gasteiger partial charge in [0.15, 0.2) is 17.5 Å². The fourth-order valence-electron chi connectivity index (χ4n) is 1.92. The summed E-state index contributed by atoms with van der Waals surface area (Å²) < 4.78 is 81.8. The molecular weight excluding hydrogens is 298 g/mol. The van der Waals surface area contributed by atoms with Crippen LogP contribution in [0.2, 0.25) is 0 Å². The minimum Gasteiger partial charge on any atom is -0.211 e. The Hall–Kier alpha value is -2.74. The smallest absolute Gasteiger partial charge is 0.171 e. The van der Waals surface area contributed by atoms with E-state index in [4.69, 9.17) is 10.5 Å². The summed E-state index contributed by atoms with van der Waals surface area (Å²) in [5.74, 6) is -11.1. The van der Waals surface area contributed by atoms with Crippen LogP contribution in [0.4, 0.5) is 26.3 Å². The lowest BCUT2D eigenvalue weighted by atomic mass is 9.99. The number of rotatable bonds is 0. The van der Waals surface area contributed by atoms with Gasteiger partial charge in [-0.15, -0.1) is 0 Å². The number of hydrogen-bond donors (Lipinski definition) is 0. The van der Waals surface area contributed by atoms with E-state index in [1.54, 1.807) is 0 Å². The van der Waals surface area contributed by atoms with E-state index in [1.165, 1.54) is 0 Å². The topological polar surface area (TPSA) is 47.6 Å². The molecule has 21 heavy (non-hydrogen) atoms. The Morgan fingerprint density at radius 2 is 1.38 bits per heavy atom. The summed E-state index contributed by atoms with van der Waals surface area (Å²) in [6, 6.07) is 2.19. The van der Waals surface area contributed by atoms with Gasteiger partial charge in [-0.2, -0.15) is 10.5 Å². The maximum absolute atomic E-state index is 14.1. The zero-order valence-corrected chi connectivity index (χ0v) is 9.87. The first-order valence-electron chi connectivity index (χ1n) is 5.29. The number of allylic oxidation sites excluding steroid dienone is 1. The Kier molecular flexibility index (Phi) is 3.48. The maximum Gasteiger partial charge on any atom is 0.171 e. The predicted octanol–water partition coefficient (Wildman–Crippen LogP) is 2.39. The highest BCUT2D eigenvalue weighted by atomic mass is 19.2. The van der Waals surface area contributed by atoms with Crippen molar-refractivity contribution in [3.05, 3.63) is 39.3 Å². The van der Waals surface area contributed by atoms with Gasteiger partial charge in [-0.25, -0.2) is 26.3 Å². The zero-order valence-electron chi connectivity index (χ0n) is 9.87. The molecule has 0 spiro atoms. The average molecular weight is 300 g/mol. The standard InChI is InChI=1S/C13H2F6N2/c14-5-1-6(15)10(16)9-8(5)13(19)12(18)7(11(9)17)4(2-20)3-21/h1H2. The third-order valence-corrected chi connectivity index (χ3v) is 2.83. The van der Waals surface area contributed by atoms with Crippen LogP contribution in [0.5, 0.6) is 0 Å². The van der Waals surface area contributed by atoms with Crippen LogP contribution in [0.25, 0.3) is 17.2 Å². The Morgan fingerprint density at radius 3 is 1.90 bits per heavy atom. The fraction of sp³-hybridized carbons (Fsp3) is 0.0769. The molecule has 0 aromatic heterocycles. The molecule has 0 N–H and O–H groups in total. The highest BCUT2D eigenvalue weighted by molar-refractivity contribution is 5.76. The second-order valence-electron chi connectivity index (χ2n) is 3.97. The van der Waals surface area contributed by atoms with Crippen molar-refractivity contribution in [3.8, 4) is 12.1 Å². The minimum absolute atomic E-state index is 1.10. The van der Waals surface area contributed by atoms with Gasteiger partial charge in [0, 0.05) is 0 Å².